The van der Waals surface area contributed by atoms with Gasteiger partial charge in [0.1, 0.15) is 5.82 Å². The molecule has 1 aromatic carbocycles. The predicted molar refractivity (Wildman–Crippen MR) is 55.0 cm³/mol. The van der Waals surface area contributed by atoms with E-state index in [1.807, 2.05) is 12.1 Å². The summed E-state index contributed by atoms with van der Waals surface area (Å²) < 4.78 is 12.9. The lowest BCUT2D eigenvalue weighted by Crippen LogP contribution is -1.83. The third-order valence-electron chi connectivity index (χ3n) is 1.86. The highest BCUT2D eigenvalue weighted by Gasteiger charge is 1.95. The maximum absolute atomic E-state index is 12.9. The van der Waals surface area contributed by atoms with Crippen molar-refractivity contribution in [3.8, 4) is 0 Å². The maximum Gasteiger partial charge on any atom is 0.126 e. The molecule has 0 N–H and O–H groups in total. The van der Waals surface area contributed by atoms with E-state index in [2.05, 4.69) is 19.9 Å². The number of aryl methyl sites for hydroxylation is 1. The van der Waals surface area contributed by atoms with Gasteiger partial charge in [-0.25, -0.2) is 4.39 Å². The smallest absolute Gasteiger partial charge is 0.126 e. The summed E-state index contributed by atoms with van der Waals surface area (Å²) in [7, 11) is 0. The van der Waals surface area contributed by atoms with E-state index in [0.29, 0.717) is 11.5 Å². The lowest BCUT2D eigenvalue weighted by atomic mass is 10.1. The van der Waals surface area contributed by atoms with Crippen molar-refractivity contribution in [2.75, 3.05) is 0 Å². The SMILES string of the molecule is Cc1cc(/C=C/C(C)C)ccc1F. The quantitative estimate of drug-likeness (QED) is 0.646. The molecule has 0 fully saturated rings. The molecule has 13 heavy (non-hydrogen) atoms. The third kappa shape index (κ3) is 3.02. The Labute approximate surface area is 79.1 Å². The van der Waals surface area contributed by atoms with Crippen molar-refractivity contribution in [2.24, 2.45) is 5.92 Å². The molecule has 0 unspecified atom stereocenters. The van der Waals surface area contributed by atoms with Gasteiger partial charge in [0, 0.05) is 0 Å². The highest BCUT2D eigenvalue weighted by atomic mass is 19.1. The lowest BCUT2D eigenvalue weighted by molar-refractivity contribution is 0.618. The number of hydrogen-bond donors (Lipinski definition) is 0. The second-order valence-corrected chi connectivity index (χ2v) is 3.61. The van der Waals surface area contributed by atoms with E-state index in [-0.39, 0.29) is 5.82 Å². The molecule has 0 saturated carbocycles. The molecule has 0 spiro atoms. The van der Waals surface area contributed by atoms with Crippen LogP contribution in [0.2, 0.25) is 0 Å². The Morgan fingerprint density at radius 2 is 2.00 bits per heavy atom. The molecular weight excluding hydrogens is 163 g/mol. The molecule has 0 saturated heterocycles. The number of hydrogen-bond acceptors (Lipinski definition) is 0. The van der Waals surface area contributed by atoms with E-state index < -0.39 is 0 Å². The summed E-state index contributed by atoms with van der Waals surface area (Å²) in [6.45, 7) is 6.02. The number of allylic oxidation sites excluding steroid dienone is 1. The standard InChI is InChI=1S/C12H15F/c1-9(2)4-5-11-6-7-12(13)10(3)8-11/h4-9H,1-3H3/b5-4+. The minimum absolute atomic E-state index is 0.137. The molecule has 0 aliphatic rings. The van der Waals surface area contributed by atoms with Gasteiger partial charge in [0.05, 0.1) is 0 Å². The highest BCUT2D eigenvalue weighted by Crippen LogP contribution is 2.11. The van der Waals surface area contributed by atoms with Gasteiger partial charge in [0.2, 0.25) is 0 Å². The van der Waals surface area contributed by atoms with E-state index in [1.54, 1.807) is 13.0 Å². The Hall–Kier alpha value is -1.11. The van der Waals surface area contributed by atoms with Crippen LogP contribution in [0.4, 0.5) is 4.39 Å². The monoisotopic (exact) mass is 178 g/mol. The van der Waals surface area contributed by atoms with Gasteiger partial charge in [-0.3, -0.25) is 0 Å². The first-order valence-electron chi connectivity index (χ1n) is 4.54. The molecule has 0 radical (unpaired) electrons. The summed E-state index contributed by atoms with van der Waals surface area (Å²) in [6.07, 6.45) is 4.13. The Balaban J connectivity index is 2.85. The molecule has 0 aliphatic carbocycles. The molecule has 1 rings (SSSR count). The van der Waals surface area contributed by atoms with Gasteiger partial charge in [-0.2, -0.15) is 0 Å². The van der Waals surface area contributed by atoms with Crippen molar-refractivity contribution >= 4 is 6.08 Å². The molecule has 0 aromatic heterocycles. The van der Waals surface area contributed by atoms with Crippen molar-refractivity contribution < 1.29 is 4.39 Å². The van der Waals surface area contributed by atoms with Crippen molar-refractivity contribution in [3.63, 3.8) is 0 Å². The second-order valence-electron chi connectivity index (χ2n) is 3.61. The molecule has 0 amide bonds. The molecule has 1 aromatic rings. The number of benzene rings is 1. The van der Waals surface area contributed by atoms with E-state index in [0.717, 1.165) is 5.56 Å². The van der Waals surface area contributed by atoms with Crippen LogP contribution < -0.4 is 0 Å². The predicted octanol–water partition coefficient (Wildman–Crippen LogP) is 3.80. The summed E-state index contributed by atoms with van der Waals surface area (Å²) >= 11 is 0. The van der Waals surface area contributed by atoms with Crippen LogP contribution in [0.25, 0.3) is 6.08 Å². The van der Waals surface area contributed by atoms with E-state index in [4.69, 9.17) is 0 Å². The minimum Gasteiger partial charge on any atom is -0.207 e. The highest BCUT2D eigenvalue weighted by molar-refractivity contribution is 5.50. The maximum atomic E-state index is 12.9. The fourth-order valence-electron chi connectivity index (χ4n) is 1.08. The molecular formula is C12H15F. The zero-order chi connectivity index (χ0) is 9.84. The molecule has 0 nitrogen and oxygen atoms in total. The average molecular weight is 178 g/mol. The molecule has 0 aliphatic heterocycles. The minimum atomic E-state index is -0.137. The average Bonchev–Trinajstić information content (AvgIpc) is 2.07. The van der Waals surface area contributed by atoms with Gasteiger partial charge in [-0.1, -0.05) is 32.1 Å². The van der Waals surface area contributed by atoms with Crippen LogP contribution in [-0.4, -0.2) is 0 Å². The molecule has 70 valence electrons. The Morgan fingerprint density at radius 3 is 2.54 bits per heavy atom. The van der Waals surface area contributed by atoms with Crippen LogP contribution in [0.15, 0.2) is 24.3 Å². The normalized spacial score (nSPS) is 11.5. The topological polar surface area (TPSA) is 0 Å². The fraction of sp³-hybridized carbons (Fsp3) is 0.333. The first-order chi connectivity index (χ1) is 6.09. The zero-order valence-corrected chi connectivity index (χ0v) is 8.34. The first-order valence-corrected chi connectivity index (χ1v) is 4.54. The molecule has 1 heteroatoms. The summed E-state index contributed by atoms with van der Waals surface area (Å²) in [6, 6.07) is 5.16. The van der Waals surface area contributed by atoms with Crippen LogP contribution in [0.3, 0.4) is 0 Å². The van der Waals surface area contributed by atoms with Crippen LogP contribution >= 0.6 is 0 Å². The summed E-state index contributed by atoms with van der Waals surface area (Å²) in [5, 5.41) is 0. The largest absolute Gasteiger partial charge is 0.207 e. The van der Waals surface area contributed by atoms with Crippen LogP contribution in [0.5, 0.6) is 0 Å². The van der Waals surface area contributed by atoms with Crippen LogP contribution in [0.1, 0.15) is 25.0 Å². The second kappa shape index (κ2) is 4.22. The number of rotatable bonds is 2. The Morgan fingerprint density at radius 1 is 1.31 bits per heavy atom. The van der Waals surface area contributed by atoms with Crippen LogP contribution in [0, 0.1) is 18.7 Å². The van der Waals surface area contributed by atoms with Gasteiger partial charge in [0.25, 0.3) is 0 Å². The molecule has 0 bridgehead atoms. The van der Waals surface area contributed by atoms with Crippen molar-refractivity contribution in [1.82, 2.24) is 0 Å². The number of halogens is 1. The Kier molecular flexibility index (Phi) is 3.24. The third-order valence-corrected chi connectivity index (χ3v) is 1.86. The van der Waals surface area contributed by atoms with Gasteiger partial charge < -0.3 is 0 Å². The van der Waals surface area contributed by atoms with Crippen molar-refractivity contribution in [1.29, 1.82) is 0 Å². The van der Waals surface area contributed by atoms with Crippen molar-refractivity contribution in [2.45, 2.75) is 20.8 Å². The first kappa shape index (κ1) is 9.97. The van der Waals surface area contributed by atoms with Crippen molar-refractivity contribution in [3.05, 3.63) is 41.2 Å². The van der Waals surface area contributed by atoms with E-state index in [9.17, 15) is 4.39 Å². The summed E-state index contributed by atoms with van der Waals surface area (Å²) in [5.41, 5.74) is 1.76. The molecule has 0 heterocycles. The van der Waals surface area contributed by atoms with Gasteiger partial charge >= 0.3 is 0 Å². The van der Waals surface area contributed by atoms with E-state index in [1.165, 1.54) is 6.07 Å². The van der Waals surface area contributed by atoms with Gasteiger partial charge in [-0.15, -0.1) is 0 Å². The zero-order valence-electron chi connectivity index (χ0n) is 8.34. The Bertz CT molecular complexity index is 311. The summed E-state index contributed by atoms with van der Waals surface area (Å²) in [5.74, 6) is 0.395. The van der Waals surface area contributed by atoms with E-state index >= 15 is 0 Å². The van der Waals surface area contributed by atoms with Crippen LogP contribution in [-0.2, 0) is 0 Å². The lowest BCUT2D eigenvalue weighted by Gasteiger charge is -1.99. The van der Waals surface area contributed by atoms with Gasteiger partial charge in [0.15, 0.2) is 0 Å². The summed E-state index contributed by atoms with van der Waals surface area (Å²) in [4.78, 5) is 0. The molecule has 0 atom stereocenters. The van der Waals surface area contributed by atoms with Gasteiger partial charge in [-0.05, 0) is 36.1 Å². The fourth-order valence-corrected chi connectivity index (χ4v) is 1.08.